The van der Waals surface area contributed by atoms with Gasteiger partial charge in [-0.25, -0.2) is 0 Å². The average molecular weight is 218 g/mol. The van der Waals surface area contributed by atoms with E-state index in [4.69, 9.17) is 10.00 Å². The Hall–Kier alpha value is -1.86. The molecule has 0 heterocycles. The number of hydrogen-bond donors (Lipinski definition) is 0. The molecule has 1 aromatic carbocycles. The van der Waals surface area contributed by atoms with Crippen LogP contribution in [0.15, 0.2) is 24.3 Å². The Bertz CT molecular complexity index is 392. The van der Waals surface area contributed by atoms with Gasteiger partial charge in [0, 0.05) is 20.7 Å². The van der Waals surface area contributed by atoms with Gasteiger partial charge in [-0.2, -0.15) is 5.26 Å². The Kier molecular flexibility index (Phi) is 4.49. The Morgan fingerprint density at radius 1 is 1.44 bits per heavy atom. The fourth-order valence-electron chi connectivity index (χ4n) is 1.28. The predicted molar refractivity (Wildman–Crippen MR) is 59.5 cm³/mol. The molecule has 0 aromatic heterocycles. The summed E-state index contributed by atoms with van der Waals surface area (Å²) in [5.41, 5.74) is 1.61. The third-order valence-corrected chi connectivity index (χ3v) is 2.20. The second-order valence-electron chi connectivity index (χ2n) is 3.49. The van der Waals surface area contributed by atoms with Crippen molar-refractivity contribution in [3.05, 3.63) is 35.4 Å². The SMILES string of the molecule is COCC(=O)N(C)Cc1ccc(C#N)cc1. The third kappa shape index (κ3) is 3.37. The standard InChI is InChI=1S/C12H14N2O2/c1-14(12(15)9-16-2)8-11-5-3-10(7-13)4-6-11/h3-6H,8-9H2,1-2H3. The Balaban J connectivity index is 2.59. The highest BCUT2D eigenvalue weighted by Gasteiger charge is 2.08. The largest absolute Gasteiger partial charge is 0.375 e. The summed E-state index contributed by atoms with van der Waals surface area (Å²) in [7, 11) is 3.22. The molecule has 0 spiro atoms. The molecule has 0 aliphatic rings. The molecule has 0 N–H and O–H groups in total. The quantitative estimate of drug-likeness (QED) is 0.762. The molecule has 0 fully saturated rings. The smallest absolute Gasteiger partial charge is 0.248 e. The molecule has 1 amide bonds. The minimum Gasteiger partial charge on any atom is -0.375 e. The molecule has 0 bridgehead atoms. The first kappa shape index (κ1) is 12.2. The van der Waals surface area contributed by atoms with Crippen molar-refractivity contribution in [2.75, 3.05) is 20.8 Å². The van der Waals surface area contributed by atoms with E-state index >= 15 is 0 Å². The zero-order valence-electron chi connectivity index (χ0n) is 9.43. The van der Waals surface area contributed by atoms with E-state index in [1.807, 2.05) is 12.1 Å². The van der Waals surface area contributed by atoms with E-state index in [9.17, 15) is 4.79 Å². The molecule has 4 heteroatoms. The molecule has 0 atom stereocenters. The van der Waals surface area contributed by atoms with Gasteiger partial charge >= 0.3 is 0 Å². The van der Waals surface area contributed by atoms with Gasteiger partial charge in [0.2, 0.25) is 5.91 Å². The van der Waals surface area contributed by atoms with Crippen LogP contribution in [0.3, 0.4) is 0 Å². The highest BCUT2D eigenvalue weighted by Crippen LogP contribution is 2.06. The van der Waals surface area contributed by atoms with Gasteiger partial charge in [-0.15, -0.1) is 0 Å². The average Bonchev–Trinajstić information content (AvgIpc) is 2.30. The van der Waals surface area contributed by atoms with Crippen LogP contribution in [0.2, 0.25) is 0 Å². The molecule has 0 radical (unpaired) electrons. The highest BCUT2D eigenvalue weighted by molar-refractivity contribution is 5.77. The number of likely N-dealkylation sites (N-methyl/N-ethyl adjacent to an activating group) is 1. The van der Waals surface area contributed by atoms with Crippen LogP contribution >= 0.6 is 0 Å². The molecule has 0 saturated heterocycles. The number of carbonyl (C=O) groups excluding carboxylic acids is 1. The van der Waals surface area contributed by atoms with Crippen molar-refractivity contribution in [3.8, 4) is 6.07 Å². The zero-order valence-corrected chi connectivity index (χ0v) is 9.43. The monoisotopic (exact) mass is 218 g/mol. The molecular formula is C12H14N2O2. The Morgan fingerprint density at radius 2 is 2.06 bits per heavy atom. The fraction of sp³-hybridized carbons (Fsp3) is 0.333. The van der Waals surface area contributed by atoms with E-state index in [-0.39, 0.29) is 12.5 Å². The second-order valence-corrected chi connectivity index (χ2v) is 3.49. The van der Waals surface area contributed by atoms with Crippen LogP contribution in [0.5, 0.6) is 0 Å². The van der Waals surface area contributed by atoms with E-state index in [1.165, 1.54) is 7.11 Å². The van der Waals surface area contributed by atoms with Gasteiger partial charge in [-0.1, -0.05) is 12.1 Å². The summed E-state index contributed by atoms with van der Waals surface area (Å²) in [6, 6.07) is 9.21. The van der Waals surface area contributed by atoms with Crippen LogP contribution < -0.4 is 0 Å². The molecule has 0 aliphatic carbocycles. The molecule has 84 valence electrons. The minimum atomic E-state index is -0.0631. The maximum absolute atomic E-state index is 11.4. The predicted octanol–water partition coefficient (Wildman–Crippen LogP) is 1.16. The zero-order chi connectivity index (χ0) is 12.0. The molecular weight excluding hydrogens is 204 g/mol. The van der Waals surface area contributed by atoms with Crippen LogP contribution in [0, 0.1) is 11.3 Å². The normalized spacial score (nSPS) is 9.56. The van der Waals surface area contributed by atoms with Crippen molar-refractivity contribution in [1.29, 1.82) is 5.26 Å². The lowest BCUT2D eigenvalue weighted by molar-refractivity contribution is -0.134. The van der Waals surface area contributed by atoms with Gasteiger partial charge in [0.25, 0.3) is 0 Å². The van der Waals surface area contributed by atoms with E-state index in [0.29, 0.717) is 12.1 Å². The second kappa shape index (κ2) is 5.89. The molecule has 0 saturated carbocycles. The maximum atomic E-state index is 11.4. The number of carbonyl (C=O) groups is 1. The van der Waals surface area contributed by atoms with Crippen molar-refractivity contribution >= 4 is 5.91 Å². The van der Waals surface area contributed by atoms with Crippen molar-refractivity contribution in [2.45, 2.75) is 6.54 Å². The van der Waals surface area contributed by atoms with Crippen molar-refractivity contribution < 1.29 is 9.53 Å². The molecule has 4 nitrogen and oxygen atoms in total. The summed E-state index contributed by atoms with van der Waals surface area (Å²) < 4.78 is 4.76. The summed E-state index contributed by atoms with van der Waals surface area (Å²) in [6.07, 6.45) is 0. The maximum Gasteiger partial charge on any atom is 0.248 e. The van der Waals surface area contributed by atoms with Crippen molar-refractivity contribution in [2.24, 2.45) is 0 Å². The van der Waals surface area contributed by atoms with Crippen molar-refractivity contribution in [1.82, 2.24) is 4.90 Å². The van der Waals surface area contributed by atoms with E-state index in [0.717, 1.165) is 5.56 Å². The first-order valence-corrected chi connectivity index (χ1v) is 4.89. The number of amides is 1. The van der Waals surface area contributed by atoms with Crippen LogP contribution in [0.1, 0.15) is 11.1 Å². The molecule has 0 aliphatic heterocycles. The number of rotatable bonds is 4. The van der Waals surface area contributed by atoms with Gasteiger partial charge < -0.3 is 9.64 Å². The van der Waals surface area contributed by atoms with Crippen LogP contribution in [0.4, 0.5) is 0 Å². The summed E-state index contributed by atoms with van der Waals surface area (Å²) in [6.45, 7) is 0.612. The lowest BCUT2D eigenvalue weighted by atomic mass is 10.1. The lowest BCUT2D eigenvalue weighted by Crippen LogP contribution is -2.29. The van der Waals surface area contributed by atoms with E-state index < -0.39 is 0 Å². The molecule has 16 heavy (non-hydrogen) atoms. The van der Waals surface area contributed by atoms with Gasteiger partial charge in [0.15, 0.2) is 0 Å². The minimum absolute atomic E-state index is 0.0631. The lowest BCUT2D eigenvalue weighted by Gasteiger charge is -2.16. The van der Waals surface area contributed by atoms with Gasteiger partial charge in [0.1, 0.15) is 6.61 Å². The summed E-state index contributed by atoms with van der Waals surface area (Å²) in [4.78, 5) is 13.0. The van der Waals surface area contributed by atoms with Gasteiger partial charge in [-0.3, -0.25) is 4.79 Å². The molecule has 1 rings (SSSR count). The number of hydrogen-bond acceptors (Lipinski definition) is 3. The number of nitriles is 1. The number of nitrogens with zero attached hydrogens (tertiary/aromatic N) is 2. The van der Waals surface area contributed by atoms with Crippen LogP contribution in [-0.4, -0.2) is 31.6 Å². The number of ether oxygens (including phenoxy) is 1. The van der Waals surface area contributed by atoms with E-state index in [1.54, 1.807) is 24.1 Å². The van der Waals surface area contributed by atoms with Gasteiger partial charge in [-0.05, 0) is 17.7 Å². The molecule has 0 unspecified atom stereocenters. The number of methoxy groups -OCH3 is 1. The summed E-state index contributed by atoms with van der Waals surface area (Å²) in [5.74, 6) is -0.0631. The summed E-state index contributed by atoms with van der Waals surface area (Å²) in [5, 5.41) is 8.64. The van der Waals surface area contributed by atoms with Crippen molar-refractivity contribution in [3.63, 3.8) is 0 Å². The fourth-order valence-corrected chi connectivity index (χ4v) is 1.28. The van der Waals surface area contributed by atoms with E-state index in [2.05, 4.69) is 6.07 Å². The topological polar surface area (TPSA) is 53.3 Å². The Labute approximate surface area is 95.0 Å². The highest BCUT2D eigenvalue weighted by atomic mass is 16.5. The number of benzene rings is 1. The van der Waals surface area contributed by atoms with Gasteiger partial charge in [0.05, 0.1) is 11.6 Å². The first-order chi connectivity index (χ1) is 7.67. The van der Waals surface area contributed by atoms with Crippen LogP contribution in [0.25, 0.3) is 0 Å². The molecule has 1 aromatic rings. The Morgan fingerprint density at radius 3 is 2.56 bits per heavy atom. The first-order valence-electron chi connectivity index (χ1n) is 4.89. The summed E-state index contributed by atoms with van der Waals surface area (Å²) >= 11 is 0. The third-order valence-electron chi connectivity index (χ3n) is 2.20. The van der Waals surface area contributed by atoms with Crippen LogP contribution in [-0.2, 0) is 16.1 Å².